The van der Waals surface area contributed by atoms with E-state index in [1.807, 2.05) is 6.07 Å². The van der Waals surface area contributed by atoms with E-state index < -0.39 is 23.4 Å². The first kappa shape index (κ1) is 28.7. The van der Waals surface area contributed by atoms with Gasteiger partial charge in [-0.2, -0.15) is 4.90 Å². The van der Waals surface area contributed by atoms with Gasteiger partial charge < -0.3 is 14.8 Å². The van der Waals surface area contributed by atoms with Gasteiger partial charge in [-0.05, 0) is 70.7 Å². The van der Waals surface area contributed by atoms with Gasteiger partial charge in [0.05, 0.1) is 15.8 Å². The molecule has 0 saturated heterocycles. The van der Waals surface area contributed by atoms with Gasteiger partial charge in [0, 0.05) is 23.0 Å². The van der Waals surface area contributed by atoms with E-state index in [1.165, 1.54) is 17.5 Å². The van der Waals surface area contributed by atoms with Crippen molar-refractivity contribution in [3.8, 4) is 0 Å². The normalized spacial score (nSPS) is 11.8. The van der Waals surface area contributed by atoms with Gasteiger partial charge in [-0.1, -0.05) is 23.7 Å². The van der Waals surface area contributed by atoms with E-state index in [1.54, 1.807) is 65.8 Å². The van der Waals surface area contributed by atoms with Crippen LogP contribution in [0.25, 0.3) is 10.8 Å². The lowest BCUT2D eigenvalue weighted by atomic mass is 10.1. The number of benzene rings is 1. The van der Waals surface area contributed by atoms with Crippen molar-refractivity contribution in [3.05, 3.63) is 56.9 Å². The highest BCUT2D eigenvalue weighted by Gasteiger charge is 2.34. The molecule has 0 saturated carbocycles. The predicted molar refractivity (Wildman–Crippen MR) is 147 cm³/mol. The zero-order chi connectivity index (χ0) is 27.5. The lowest BCUT2D eigenvalue weighted by Gasteiger charge is -2.28. The molecule has 37 heavy (non-hydrogen) atoms. The number of fused-ring (bicyclic) bond motifs is 1. The second kappa shape index (κ2) is 11.2. The standard InChI is InChI=1S/C26H29Cl2N3O5S/c1-25(2,3)35-23(33)31(24(34)36-26(4,5)6)21-17-8-7-15(11-16(17)9-10-29-21)14-30-22(32)19-12-18(28)20(13-27)37-19/h7-12H,13-14H2,1-6H3,(H,30,32). The first-order chi connectivity index (χ1) is 17.2. The van der Waals surface area contributed by atoms with Gasteiger partial charge in [0.2, 0.25) is 0 Å². The summed E-state index contributed by atoms with van der Waals surface area (Å²) in [5.41, 5.74) is -0.880. The maximum Gasteiger partial charge on any atom is 0.425 e. The summed E-state index contributed by atoms with van der Waals surface area (Å²) in [5.74, 6) is 0.0553. The SMILES string of the molecule is CC(C)(C)OC(=O)N(C(=O)OC(C)(C)C)c1nccc2cc(CNC(=O)c3cc(Cl)c(CCl)s3)ccc12. The average molecular weight is 567 g/mol. The number of ether oxygens (including phenoxy) is 2. The Kier molecular flexibility index (Phi) is 8.72. The molecule has 8 nitrogen and oxygen atoms in total. The number of alkyl halides is 1. The molecule has 0 spiro atoms. The summed E-state index contributed by atoms with van der Waals surface area (Å²) < 4.78 is 10.9. The number of carbonyl (C=O) groups is 3. The van der Waals surface area contributed by atoms with Crippen LogP contribution < -0.4 is 10.2 Å². The summed E-state index contributed by atoms with van der Waals surface area (Å²) in [5, 5.41) is 4.57. The molecular weight excluding hydrogens is 537 g/mol. The van der Waals surface area contributed by atoms with E-state index in [0.717, 1.165) is 15.3 Å². The van der Waals surface area contributed by atoms with E-state index in [0.29, 0.717) is 20.7 Å². The van der Waals surface area contributed by atoms with Crippen molar-refractivity contribution in [2.75, 3.05) is 4.90 Å². The Morgan fingerprint density at radius 1 is 1.00 bits per heavy atom. The lowest BCUT2D eigenvalue weighted by Crippen LogP contribution is -2.44. The van der Waals surface area contributed by atoms with Crippen LogP contribution in [-0.4, -0.2) is 34.3 Å². The molecule has 2 aromatic heterocycles. The fourth-order valence-electron chi connectivity index (χ4n) is 3.24. The minimum Gasteiger partial charge on any atom is -0.443 e. The maximum atomic E-state index is 13.1. The van der Waals surface area contributed by atoms with Crippen molar-refractivity contribution in [2.45, 2.75) is 65.2 Å². The summed E-state index contributed by atoms with van der Waals surface area (Å²) in [6.07, 6.45) is -0.309. The van der Waals surface area contributed by atoms with Crippen molar-refractivity contribution in [1.82, 2.24) is 10.3 Å². The van der Waals surface area contributed by atoms with E-state index >= 15 is 0 Å². The summed E-state index contributed by atoms with van der Waals surface area (Å²) in [6, 6.07) is 8.70. The highest BCUT2D eigenvalue weighted by atomic mass is 35.5. The van der Waals surface area contributed by atoms with Crippen LogP contribution in [0.1, 0.15) is 61.7 Å². The minimum absolute atomic E-state index is 0.0819. The van der Waals surface area contributed by atoms with Gasteiger partial charge in [-0.3, -0.25) is 4.79 Å². The zero-order valence-electron chi connectivity index (χ0n) is 21.5. The molecule has 11 heteroatoms. The van der Waals surface area contributed by atoms with Crippen molar-refractivity contribution in [1.29, 1.82) is 0 Å². The predicted octanol–water partition coefficient (Wildman–Crippen LogP) is 7.30. The maximum absolute atomic E-state index is 13.1. The van der Waals surface area contributed by atoms with E-state index in [-0.39, 0.29) is 24.1 Å². The molecule has 1 aromatic carbocycles. The second-order valence-corrected chi connectivity index (χ2v) is 12.0. The lowest BCUT2D eigenvalue weighted by molar-refractivity contribution is 0.0429. The number of hydrogen-bond donors (Lipinski definition) is 1. The number of rotatable bonds is 5. The number of nitrogens with zero attached hydrogens (tertiary/aromatic N) is 2. The molecular formula is C26H29Cl2N3O5S. The molecule has 0 aliphatic carbocycles. The first-order valence-corrected chi connectivity index (χ1v) is 13.2. The number of nitrogens with one attached hydrogen (secondary N) is 1. The Bertz CT molecular complexity index is 1300. The molecule has 3 aromatic rings. The third-order valence-corrected chi connectivity index (χ3v) is 6.74. The quantitative estimate of drug-likeness (QED) is 0.326. The molecule has 198 valence electrons. The molecule has 2 heterocycles. The van der Waals surface area contributed by atoms with Crippen LogP contribution in [0.4, 0.5) is 15.4 Å². The monoisotopic (exact) mass is 565 g/mol. The van der Waals surface area contributed by atoms with Crippen LogP contribution in [0.5, 0.6) is 0 Å². The van der Waals surface area contributed by atoms with Crippen molar-refractivity contribution in [3.63, 3.8) is 0 Å². The Balaban J connectivity index is 1.90. The highest BCUT2D eigenvalue weighted by molar-refractivity contribution is 7.14. The number of pyridine rings is 1. The van der Waals surface area contributed by atoms with Crippen LogP contribution in [0.15, 0.2) is 36.5 Å². The molecule has 0 aliphatic rings. The Hall–Kier alpha value is -2.88. The summed E-state index contributed by atoms with van der Waals surface area (Å²) >= 11 is 13.2. The summed E-state index contributed by atoms with van der Waals surface area (Å²) in [4.78, 5) is 45.0. The molecule has 0 fully saturated rings. The fourth-order valence-corrected chi connectivity index (χ4v) is 4.79. The van der Waals surface area contributed by atoms with Crippen LogP contribution in [0.2, 0.25) is 5.02 Å². The van der Waals surface area contributed by atoms with Gasteiger partial charge >= 0.3 is 12.2 Å². The van der Waals surface area contributed by atoms with E-state index in [9.17, 15) is 14.4 Å². The fraction of sp³-hybridized carbons (Fsp3) is 0.385. The Labute approximate surface area is 229 Å². The van der Waals surface area contributed by atoms with E-state index in [2.05, 4.69) is 10.3 Å². The largest absolute Gasteiger partial charge is 0.443 e. The number of halogens is 2. The van der Waals surface area contributed by atoms with Crippen molar-refractivity contribution in [2.24, 2.45) is 0 Å². The second-order valence-electron chi connectivity index (χ2n) is 10.2. The van der Waals surface area contributed by atoms with Crippen molar-refractivity contribution >= 4 is 69.2 Å². The average Bonchev–Trinajstić information content (AvgIpc) is 3.16. The van der Waals surface area contributed by atoms with Crippen LogP contribution in [0.3, 0.4) is 0 Å². The van der Waals surface area contributed by atoms with Gasteiger partial charge in [0.25, 0.3) is 5.91 Å². The number of imide groups is 1. The van der Waals surface area contributed by atoms with Gasteiger partial charge in [-0.15, -0.1) is 22.9 Å². The molecule has 0 radical (unpaired) electrons. The minimum atomic E-state index is -0.899. The number of amides is 3. The highest BCUT2D eigenvalue weighted by Crippen LogP contribution is 2.30. The van der Waals surface area contributed by atoms with Crippen LogP contribution in [0, 0.1) is 0 Å². The zero-order valence-corrected chi connectivity index (χ0v) is 23.8. The Morgan fingerprint density at radius 2 is 1.62 bits per heavy atom. The van der Waals surface area contributed by atoms with Gasteiger partial charge in [0.15, 0.2) is 5.82 Å². The topological polar surface area (TPSA) is 97.8 Å². The molecule has 3 amide bonds. The number of carbonyl (C=O) groups excluding carboxylic acids is 3. The summed E-state index contributed by atoms with van der Waals surface area (Å²) in [6.45, 7) is 10.5. The van der Waals surface area contributed by atoms with E-state index in [4.69, 9.17) is 32.7 Å². The molecule has 1 N–H and O–H groups in total. The number of hydrogen-bond acceptors (Lipinski definition) is 7. The smallest absolute Gasteiger partial charge is 0.425 e. The molecule has 0 aliphatic heterocycles. The molecule has 0 bridgehead atoms. The van der Waals surface area contributed by atoms with Crippen LogP contribution >= 0.6 is 34.5 Å². The first-order valence-electron chi connectivity index (χ1n) is 11.4. The van der Waals surface area contributed by atoms with Crippen LogP contribution in [-0.2, 0) is 21.9 Å². The number of anilines is 1. The molecule has 0 atom stereocenters. The van der Waals surface area contributed by atoms with Crippen molar-refractivity contribution < 1.29 is 23.9 Å². The van der Waals surface area contributed by atoms with Gasteiger partial charge in [0.1, 0.15) is 11.2 Å². The number of aromatic nitrogens is 1. The number of thiophene rings is 1. The molecule has 0 unspecified atom stereocenters. The summed E-state index contributed by atoms with van der Waals surface area (Å²) in [7, 11) is 0. The third-order valence-electron chi connectivity index (χ3n) is 4.73. The third kappa shape index (κ3) is 7.56. The molecule has 3 rings (SSSR count). The van der Waals surface area contributed by atoms with Gasteiger partial charge in [-0.25, -0.2) is 14.6 Å². The Morgan fingerprint density at radius 3 is 2.16 bits per heavy atom.